The third-order valence-corrected chi connectivity index (χ3v) is 3.32. The first kappa shape index (κ1) is 14.1. The van der Waals surface area contributed by atoms with Crippen LogP contribution < -0.4 is 11.1 Å². The zero-order valence-electron chi connectivity index (χ0n) is 11.9. The molecule has 0 aliphatic rings. The molecule has 20 heavy (non-hydrogen) atoms. The number of nitrogen functional groups attached to an aromatic ring is 1. The topological polar surface area (TPSA) is 72.9 Å². The summed E-state index contributed by atoms with van der Waals surface area (Å²) >= 11 is 0. The molecule has 3 N–H and O–H groups in total. The lowest BCUT2D eigenvalue weighted by atomic mass is 10.2. The number of rotatable bonds is 5. The Morgan fingerprint density at radius 2 is 2.20 bits per heavy atom. The van der Waals surface area contributed by atoms with Crippen molar-refractivity contribution in [2.45, 2.75) is 33.2 Å². The average molecular weight is 272 g/mol. The summed E-state index contributed by atoms with van der Waals surface area (Å²) in [7, 11) is 0. The summed E-state index contributed by atoms with van der Waals surface area (Å²) < 4.78 is 2.07. The van der Waals surface area contributed by atoms with Crippen LogP contribution in [-0.2, 0) is 11.3 Å². The van der Waals surface area contributed by atoms with Gasteiger partial charge < -0.3 is 15.6 Å². The van der Waals surface area contributed by atoms with Gasteiger partial charge in [0, 0.05) is 30.0 Å². The second-order valence-electron chi connectivity index (χ2n) is 4.89. The molecule has 1 heterocycles. The fraction of sp³-hybridized carbons (Fsp3) is 0.333. The van der Waals surface area contributed by atoms with Gasteiger partial charge in [0.2, 0.25) is 5.91 Å². The van der Waals surface area contributed by atoms with Gasteiger partial charge in [-0.2, -0.15) is 0 Å². The Kier molecular flexibility index (Phi) is 4.40. The van der Waals surface area contributed by atoms with Crippen LogP contribution in [0.15, 0.2) is 30.6 Å². The van der Waals surface area contributed by atoms with Crippen LogP contribution in [0, 0.1) is 13.8 Å². The molecule has 0 aliphatic carbocycles. The molecule has 1 aromatic heterocycles. The third kappa shape index (κ3) is 3.60. The minimum absolute atomic E-state index is 0.00471. The summed E-state index contributed by atoms with van der Waals surface area (Å²) in [5.74, 6) is 0.00471. The maximum absolute atomic E-state index is 11.8. The van der Waals surface area contributed by atoms with E-state index in [1.165, 1.54) is 0 Å². The summed E-state index contributed by atoms with van der Waals surface area (Å²) in [4.78, 5) is 16.1. The highest BCUT2D eigenvalue weighted by molar-refractivity contribution is 5.91. The number of imidazole rings is 1. The molecule has 1 amide bonds. The van der Waals surface area contributed by atoms with E-state index < -0.39 is 0 Å². The van der Waals surface area contributed by atoms with Gasteiger partial charge in [0.1, 0.15) is 0 Å². The minimum atomic E-state index is 0.00471. The lowest BCUT2D eigenvalue weighted by Gasteiger charge is -2.07. The Labute approximate surface area is 118 Å². The Morgan fingerprint density at radius 1 is 1.40 bits per heavy atom. The number of aromatic nitrogens is 2. The van der Waals surface area contributed by atoms with E-state index in [1.54, 1.807) is 12.1 Å². The third-order valence-electron chi connectivity index (χ3n) is 3.32. The minimum Gasteiger partial charge on any atom is -0.399 e. The zero-order chi connectivity index (χ0) is 14.5. The van der Waals surface area contributed by atoms with Crippen molar-refractivity contribution in [2.24, 2.45) is 0 Å². The van der Waals surface area contributed by atoms with Crippen LogP contribution in [0.4, 0.5) is 11.4 Å². The molecule has 5 nitrogen and oxygen atoms in total. The Hall–Kier alpha value is -2.30. The molecule has 0 saturated carbocycles. The predicted molar refractivity (Wildman–Crippen MR) is 80.4 cm³/mol. The fourth-order valence-electron chi connectivity index (χ4n) is 2.02. The van der Waals surface area contributed by atoms with Crippen LogP contribution in [0.25, 0.3) is 0 Å². The number of amides is 1. The van der Waals surface area contributed by atoms with Crippen LogP contribution in [0.2, 0.25) is 0 Å². The number of nitrogens with two attached hydrogens (primary N) is 1. The van der Waals surface area contributed by atoms with E-state index in [9.17, 15) is 4.79 Å². The molecule has 1 aromatic carbocycles. The van der Waals surface area contributed by atoms with Crippen molar-refractivity contribution in [1.29, 1.82) is 0 Å². The van der Waals surface area contributed by atoms with Gasteiger partial charge in [0.25, 0.3) is 0 Å². The Bertz CT molecular complexity index is 604. The number of nitrogens with one attached hydrogen (secondary N) is 1. The van der Waals surface area contributed by atoms with E-state index in [2.05, 4.69) is 14.9 Å². The molecule has 2 aromatic rings. The summed E-state index contributed by atoms with van der Waals surface area (Å²) in [6.07, 6.45) is 3.08. The fourth-order valence-corrected chi connectivity index (χ4v) is 2.02. The number of carbonyl (C=O) groups excluding carboxylic acids is 1. The van der Waals surface area contributed by atoms with E-state index >= 15 is 0 Å². The van der Waals surface area contributed by atoms with Crippen LogP contribution >= 0.6 is 0 Å². The van der Waals surface area contributed by atoms with Crippen LogP contribution in [0.1, 0.15) is 24.2 Å². The molecule has 0 spiro atoms. The van der Waals surface area contributed by atoms with Crippen molar-refractivity contribution in [1.82, 2.24) is 9.55 Å². The standard InChI is InChI=1S/C15H20N4O/c1-11-12(2)19(10-17-11)8-4-7-15(20)18-14-6-3-5-13(16)9-14/h3,5-6,9-10H,4,7-8,16H2,1-2H3,(H,18,20). The maximum Gasteiger partial charge on any atom is 0.224 e. The summed E-state index contributed by atoms with van der Waals surface area (Å²) in [6, 6.07) is 7.20. The van der Waals surface area contributed by atoms with Gasteiger partial charge in [0.15, 0.2) is 0 Å². The van der Waals surface area contributed by atoms with Gasteiger partial charge in [-0.3, -0.25) is 4.79 Å². The second-order valence-corrected chi connectivity index (χ2v) is 4.89. The van der Waals surface area contributed by atoms with Gasteiger partial charge in [-0.1, -0.05) is 6.07 Å². The lowest BCUT2D eigenvalue weighted by molar-refractivity contribution is -0.116. The average Bonchev–Trinajstić information content (AvgIpc) is 2.71. The number of anilines is 2. The van der Waals surface area contributed by atoms with E-state index in [0.717, 1.165) is 30.0 Å². The van der Waals surface area contributed by atoms with Crippen LogP contribution in [0.5, 0.6) is 0 Å². The first-order valence-electron chi connectivity index (χ1n) is 6.70. The SMILES string of the molecule is Cc1ncn(CCCC(=O)Nc2cccc(N)c2)c1C. The van der Waals surface area contributed by atoms with E-state index in [0.29, 0.717) is 12.1 Å². The van der Waals surface area contributed by atoms with Gasteiger partial charge in [0.05, 0.1) is 12.0 Å². The van der Waals surface area contributed by atoms with Gasteiger partial charge in [-0.05, 0) is 38.5 Å². The summed E-state index contributed by atoms with van der Waals surface area (Å²) in [5, 5.41) is 2.85. The molecule has 0 fully saturated rings. The van der Waals surface area contributed by atoms with Gasteiger partial charge in [-0.15, -0.1) is 0 Å². The van der Waals surface area contributed by atoms with Crippen molar-refractivity contribution >= 4 is 17.3 Å². The molecular weight excluding hydrogens is 252 g/mol. The number of hydrogen-bond donors (Lipinski definition) is 2. The predicted octanol–water partition coefficient (Wildman–Crippen LogP) is 2.50. The second kappa shape index (κ2) is 6.23. The number of benzene rings is 1. The number of aryl methyl sites for hydroxylation is 2. The molecule has 0 radical (unpaired) electrons. The number of nitrogens with zero attached hydrogens (tertiary/aromatic N) is 2. The van der Waals surface area contributed by atoms with Crippen molar-refractivity contribution < 1.29 is 4.79 Å². The molecule has 0 bridgehead atoms. The summed E-state index contributed by atoms with van der Waals surface area (Å²) in [5.41, 5.74) is 9.24. The largest absolute Gasteiger partial charge is 0.399 e. The number of hydrogen-bond acceptors (Lipinski definition) is 3. The molecule has 5 heteroatoms. The van der Waals surface area contributed by atoms with E-state index in [1.807, 2.05) is 32.3 Å². The lowest BCUT2D eigenvalue weighted by Crippen LogP contribution is -2.12. The molecular formula is C15H20N4O. The van der Waals surface area contributed by atoms with Crippen molar-refractivity contribution in [3.05, 3.63) is 42.0 Å². The number of carbonyl (C=O) groups is 1. The smallest absolute Gasteiger partial charge is 0.224 e. The quantitative estimate of drug-likeness (QED) is 0.821. The zero-order valence-corrected chi connectivity index (χ0v) is 11.9. The van der Waals surface area contributed by atoms with Gasteiger partial charge >= 0.3 is 0 Å². The molecule has 2 rings (SSSR count). The molecule has 0 saturated heterocycles. The first-order valence-corrected chi connectivity index (χ1v) is 6.70. The monoisotopic (exact) mass is 272 g/mol. The highest BCUT2D eigenvalue weighted by Gasteiger charge is 2.05. The highest BCUT2D eigenvalue weighted by atomic mass is 16.1. The highest BCUT2D eigenvalue weighted by Crippen LogP contribution is 2.12. The molecule has 106 valence electrons. The van der Waals surface area contributed by atoms with E-state index in [-0.39, 0.29) is 5.91 Å². The molecule has 0 unspecified atom stereocenters. The van der Waals surface area contributed by atoms with Crippen molar-refractivity contribution in [3.63, 3.8) is 0 Å². The van der Waals surface area contributed by atoms with Gasteiger partial charge in [-0.25, -0.2) is 4.98 Å². The van der Waals surface area contributed by atoms with Crippen LogP contribution in [0.3, 0.4) is 0 Å². The van der Waals surface area contributed by atoms with Crippen molar-refractivity contribution in [2.75, 3.05) is 11.1 Å². The molecule has 0 aliphatic heterocycles. The Balaban J connectivity index is 1.80. The van der Waals surface area contributed by atoms with Crippen molar-refractivity contribution in [3.8, 4) is 0 Å². The molecule has 0 atom stereocenters. The van der Waals surface area contributed by atoms with E-state index in [4.69, 9.17) is 5.73 Å². The maximum atomic E-state index is 11.8. The summed E-state index contributed by atoms with van der Waals surface area (Å²) in [6.45, 7) is 4.82. The first-order chi connectivity index (χ1) is 9.56. The Morgan fingerprint density at radius 3 is 2.85 bits per heavy atom. The van der Waals surface area contributed by atoms with Crippen LogP contribution in [-0.4, -0.2) is 15.5 Å². The normalized spacial score (nSPS) is 10.5.